The lowest BCUT2D eigenvalue weighted by molar-refractivity contribution is -0.119. The van der Waals surface area contributed by atoms with Crippen LogP contribution in [0.4, 0.5) is 0 Å². The van der Waals surface area contributed by atoms with Crippen molar-refractivity contribution in [3.63, 3.8) is 0 Å². The Balaban J connectivity index is 1.91. The lowest BCUT2D eigenvalue weighted by Gasteiger charge is -2.31. The molecule has 3 N–H and O–H groups in total. The summed E-state index contributed by atoms with van der Waals surface area (Å²) in [5.74, 6) is -0.364. The largest absolute Gasteiger partial charge is 0.369 e. The molecule has 0 atom stereocenters. The lowest BCUT2D eigenvalue weighted by atomic mass is 10.1. The topological polar surface area (TPSA) is 92.5 Å². The number of halogens is 1. The number of thiophene rings is 1. The first-order chi connectivity index (χ1) is 9.37. The quantitative estimate of drug-likeness (QED) is 0.824. The SMILES string of the molecule is NC(=O)CN1CCC(NS(=O)(=O)c2ccc(Cl)s2)CC1. The molecule has 1 saturated heterocycles. The van der Waals surface area contributed by atoms with Gasteiger partial charge in [-0.2, -0.15) is 0 Å². The van der Waals surface area contributed by atoms with Gasteiger partial charge in [-0.15, -0.1) is 11.3 Å². The van der Waals surface area contributed by atoms with Gasteiger partial charge in [0.1, 0.15) is 4.21 Å². The van der Waals surface area contributed by atoms with E-state index < -0.39 is 10.0 Å². The van der Waals surface area contributed by atoms with Crippen LogP contribution in [0.1, 0.15) is 12.8 Å². The number of amides is 1. The zero-order valence-corrected chi connectivity index (χ0v) is 13.1. The third kappa shape index (κ3) is 4.16. The van der Waals surface area contributed by atoms with Gasteiger partial charge in [0.25, 0.3) is 0 Å². The first-order valence-corrected chi connectivity index (χ1v) is 8.83. The van der Waals surface area contributed by atoms with Crippen molar-refractivity contribution in [3.05, 3.63) is 16.5 Å². The lowest BCUT2D eigenvalue weighted by Crippen LogP contribution is -2.46. The van der Waals surface area contributed by atoms with Crippen molar-refractivity contribution in [1.82, 2.24) is 9.62 Å². The number of nitrogens with zero attached hydrogens (tertiary/aromatic N) is 1. The summed E-state index contributed by atoms with van der Waals surface area (Å²) in [6.45, 7) is 1.53. The van der Waals surface area contributed by atoms with Gasteiger partial charge in [-0.05, 0) is 25.0 Å². The third-order valence-electron chi connectivity index (χ3n) is 3.10. The molecule has 0 aromatic carbocycles. The molecule has 0 saturated carbocycles. The molecule has 112 valence electrons. The van der Waals surface area contributed by atoms with Gasteiger partial charge in [0.05, 0.1) is 10.9 Å². The van der Waals surface area contributed by atoms with Crippen LogP contribution < -0.4 is 10.5 Å². The number of primary amides is 1. The monoisotopic (exact) mass is 337 g/mol. The number of carbonyl (C=O) groups excluding carboxylic acids is 1. The van der Waals surface area contributed by atoms with Crippen LogP contribution in [0.3, 0.4) is 0 Å². The minimum Gasteiger partial charge on any atom is -0.369 e. The van der Waals surface area contributed by atoms with E-state index in [1.807, 2.05) is 4.90 Å². The van der Waals surface area contributed by atoms with Gasteiger partial charge >= 0.3 is 0 Å². The standard InChI is InChI=1S/C11H16ClN3O3S2/c12-9-1-2-11(19-9)20(17,18)14-8-3-5-15(6-4-8)7-10(13)16/h1-2,8,14H,3-7H2,(H2,13,16). The van der Waals surface area contributed by atoms with Gasteiger partial charge in [0, 0.05) is 19.1 Å². The van der Waals surface area contributed by atoms with Crippen molar-refractivity contribution in [2.75, 3.05) is 19.6 Å². The van der Waals surface area contributed by atoms with Crippen molar-refractivity contribution in [1.29, 1.82) is 0 Å². The van der Waals surface area contributed by atoms with E-state index in [0.29, 0.717) is 30.3 Å². The molecule has 1 amide bonds. The van der Waals surface area contributed by atoms with Gasteiger partial charge in [-0.25, -0.2) is 13.1 Å². The average molecular weight is 338 g/mol. The Morgan fingerprint density at radius 2 is 2.10 bits per heavy atom. The molecule has 1 fully saturated rings. The summed E-state index contributed by atoms with van der Waals surface area (Å²) in [5, 5.41) is 0. The maximum absolute atomic E-state index is 12.1. The fourth-order valence-corrected chi connectivity index (χ4v) is 4.95. The number of sulfonamides is 1. The van der Waals surface area contributed by atoms with Gasteiger partial charge < -0.3 is 5.73 Å². The molecule has 0 unspecified atom stereocenters. The molecular weight excluding hydrogens is 322 g/mol. The van der Waals surface area contributed by atoms with Crippen LogP contribution in [0.25, 0.3) is 0 Å². The Hall–Kier alpha value is -0.670. The number of hydrogen-bond acceptors (Lipinski definition) is 5. The summed E-state index contributed by atoms with van der Waals surface area (Å²) in [6, 6.07) is 2.94. The van der Waals surface area contributed by atoms with Crippen molar-refractivity contribution >= 4 is 38.9 Å². The second kappa shape index (κ2) is 6.40. The van der Waals surface area contributed by atoms with Crippen LogP contribution in [-0.4, -0.2) is 44.9 Å². The van der Waals surface area contributed by atoms with E-state index in [1.54, 1.807) is 6.07 Å². The molecule has 1 aliphatic rings. The Morgan fingerprint density at radius 1 is 1.45 bits per heavy atom. The average Bonchev–Trinajstić information content (AvgIpc) is 2.78. The smallest absolute Gasteiger partial charge is 0.250 e. The molecular formula is C11H16ClN3O3S2. The van der Waals surface area contributed by atoms with Crippen molar-refractivity contribution < 1.29 is 13.2 Å². The molecule has 6 nitrogen and oxygen atoms in total. The van der Waals surface area contributed by atoms with Crippen LogP contribution in [-0.2, 0) is 14.8 Å². The fourth-order valence-electron chi connectivity index (χ4n) is 2.15. The minimum atomic E-state index is -3.51. The van der Waals surface area contributed by atoms with E-state index in [0.717, 1.165) is 11.3 Å². The number of nitrogens with one attached hydrogen (secondary N) is 1. The van der Waals surface area contributed by atoms with Crippen LogP contribution >= 0.6 is 22.9 Å². The molecule has 1 aromatic heterocycles. The van der Waals surface area contributed by atoms with Crippen LogP contribution in [0.5, 0.6) is 0 Å². The van der Waals surface area contributed by atoms with Crippen LogP contribution in [0.2, 0.25) is 4.34 Å². The summed E-state index contributed by atoms with van der Waals surface area (Å²) in [6.07, 6.45) is 1.32. The Bertz CT molecular complexity index is 579. The zero-order chi connectivity index (χ0) is 14.8. The summed E-state index contributed by atoms with van der Waals surface area (Å²) < 4.78 is 27.6. The van der Waals surface area contributed by atoms with Crippen LogP contribution in [0.15, 0.2) is 16.3 Å². The van der Waals surface area contributed by atoms with Gasteiger partial charge in [-0.1, -0.05) is 11.6 Å². The molecule has 1 aromatic rings. The zero-order valence-electron chi connectivity index (χ0n) is 10.7. The number of likely N-dealkylation sites (tertiary alicyclic amines) is 1. The third-order valence-corrected chi connectivity index (χ3v) is 6.35. The number of piperidine rings is 1. The first-order valence-electron chi connectivity index (χ1n) is 6.15. The maximum Gasteiger partial charge on any atom is 0.250 e. The molecule has 0 spiro atoms. The molecule has 2 rings (SSSR count). The summed E-state index contributed by atoms with van der Waals surface area (Å²) >= 11 is 6.79. The molecule has 20 heavy (non-hydrogen) atoms. The molecule has 0 aliphatic carbocycles. The van der Waals surface area contributed by atoms with E-state index in [-0.39, 0.29) is 22.7 Å². The molecule has 2 heterocycles. The normalized spacial score (nSPS) is 18.2. The first kappa shape index (κ1) is 15.7. The molecule has 0 radical (unpaired) electrons. The molecule has 0 bridgehead atoms. The molecule has 9 heteroatoms. The van der Waals surface area contributed by atoms with Crippen molar-refractivity contribution in [2.45, 2.75) is 23.1 Å². The Labute approximate surface area is 126 Å². The maximum atomic E-state index is 12.1. The highest BCUT2D eigenvalue weighted by Crippen LogP contribution is 2.26. The number of rotatable bonds is 5. The van der Waals surface area contributed by atoms with E-state index >= 15 is 0 Å². The highest BCUT2D eigenvalue weighted by Gasteiger charge is 2.25. The molecule has 1 aliphatic heterocycles. The predicted molar refractivity (Wildman–Crippen MR) is 78.3 cm³/mol. The second-order valence-corrected chi connectivity index (χ2v) is 8.35. The Kier molecular flexibility index (Phi) is 5.03. The van der Waals surface area contributed by atoms with Crippen molar-refractivity contribution in [3.8, 4) is 0 Å². The summed E-state index contributed by atoms with van der Waals surface area (Å²) in [7, 11) is -3.51. The highest BCUT2D eigenvalue weighted by atomic mass is 35.5. The van der Waals surface area contributed by atoms with Gasteiger partial charge in [-0.3, -0.25) is 9.69 Å². The van der Waals surface area contributed by atoms with E-state index in [1.165, 1.54) is 6.07 Å². The number of carbonyl (C=O) groups is 1. The second-order valence-electron chi connectivity index (χ2n) is 4.70. The van der Waals surface area contributed by atoms with E-state index in [2.05, 4.69) is 4.72 Å². The van der Waals surface area contributed by atoms with Gasteiger partial charge in [0.2, 0.25) is 15.9 Å². The highest BCUT2D eigenvalue weighted by molar-refractivity contribution is 7.91. The minimum absolute atomic E-state index is 0.120. The van der Waals surface area contributed by atoms with Gasteiger partial charge in [0.15, 0.2) is 0 Å². The van der Waals surface area contributed by atoms with E-state index in [9.17, 15) is 13.2 Å². The fraction of sp³-hybridized carbons (Fsp3) is 0.545. The van der Waals surface area contributed by atoms with Crippen molar-refractivity contribution in [2.24, 2.45) is 5.73 Å². The predicted octanol–water partition coefficient (Wildman–Crippen LogP) is 0.630. The number of hydrogen-bond donors (Lipinski definition) is 2. The Morgan fingerprint density at radius 3 is 2.60 bits per heavy atom. The summed E-state index contributed by atoms with van der Waals surface area (Å²) in [5.41, 5.74) is 5.13. The van der Waals surface area contributed by atoms with Crippen LogP contribution in [0, 0.1) is 0 Å². The number of nitrogens with two attached hydrogens (primary N) is 1. The summed E-state index contributed by atoms with van der Waals surface area (Å²) in [4.78, 5) is 12.7. The van der Waals surface area contributed by atoms with E-state index in [4.69, 9.17) is 17.3 Å².